The van der Waals surface area contributed by atoms with Gasteiger partial charge in [0, 0.05) is 23.6 Å². The molecule has 36 heavy (non-hydrogen) atoms. The van der Waals surface area contributed by atoms with E-state index in [9.17, 15) is 4.79 Å². The van der Waals surface area contributed by atoms with Crippen molar-refractivity contribution in [2.24, 2.45) is 11.8 Å². The van der Waals surface area contributed by atoms with E-state index in [1.54, 1.807) is 11.8 Å². The molecule has 1 aliphatic carbocycles. The van der Waals surface area contributed by atoms with Crippen LogP contribution in [0.15, 0.2) is 72.0 Å². The Kier molecular flexibility index (Phi) is 7.42. The topological polar surface area (TPSA) is 59.8 Å². The van der Waals surface area contributed by atoms with Gasteiger partial charge in [-0.3, -0.25) is 9.36 Å². The highest BCUT2D eigenvalue weighted by molar-refractivity contribution is 7.98. The van der Waals surface area contributed by atoms with Crippen LogP contribution in [-0.4, -0.2) is 26.5 Å². The summed E-state index contributed by atoms with van der Waals surface area (Å²) in [5, 5.41) is 4.23. The minimum Gasteiger partial charge on any atom is -0.349 e. The van der Waals surface area contributed by atoms with E-state index in [0.29, 0.717) is 11.8 Å². The van der Waals surface area contributed by atoms with E-state index < -0.39 is 0 Å². The standard InChI is InChI=1S/C30H34N4OS/c1-20-9-11-23(12-10-20)18-34-28-27(8-5-17-31-28)33-30(34)36-19-24-13-15-25(16-14-24)29(35)32-26-7-4-6-21(2)22(26)3/h5,8-17,21-22,26H,4,6-7,18-19H2,1-3H3,(H,32,35)/t21-,22-,26+/m0/s1. The van der Waals surface area contributed by atoms with Crippen LogP contribution in [-0.2, 0) is 12.3 Å². The number of benzene rings is 2. The van der Waals surface area contributed by atoms with Crippen LogP contribution in [0.5, 0.6) is 0 Å². The number of hydrogen-bond donors (Lipinski definition) is 1. The zero-order valence-corrected chi connectivity index (χ0v) is 22.1. The first kappa shape index (κ1) is 24.6. The van der Waals surface area contributed by atoms with Crippen LogP contribution in [0.25, 0.3) is 11.2 Å². The SMILES string of the molecule is Cc1ccc(Cn2c(SCc3ccc(C(=O)N[C@@H]4CCC[C@H](C)[C@@H]4C)cc3)nc3cccnc32)cc1. The quantitative estimate of drug-likeness (QED) is 0.290. The maximum Gasteiger partial charge on any atom is 0.251 e. The van der Waals surface area contributed by atoms with Crippen molar-refractivity contribution in [1.29, 1.82) is 0 Å². The van der Waals surface area contributed by atoms with Gasteiger partial charge in [0.05, 0.1) is 6.54 Å². The Labute approximate surface area is 217 Å². The maximum atomic E-state index is 12.9. The fraction of sp³-hybridized carbons (Fsp3) is 0.367. The molecule has 0 bridgehead atoms. The summed E-state index contributed by atoms with van der Waals surface area (Å²) < 4.78 is 2.19. The molecule has 1 fully saturated rings. The summed E-state index contributed by atoms with van der Waals surface area (Å²) in [6, 6.07) is 20.8. The fourth-order valence-corrected chi connectivity index (χ4v) is 5.96. The third kappa shape index (κ3) is 5.49. The number of nitrogens with zero attached hydrogens (tertiary/aromatic N) is 3. The Bertz CT molecular complexity index is 1330. The van der Waals surface area contributed by atoms with Gasteiger partial charge in [0.25, 0.3) is 5.91 Å². The van der Waals surface area contributed by atoms with Crippen LogP contribution in [0.3, 0.4) is 0 Å². The zero-order valence-electron chi connectivity index (χ0n) is 21.3. The Morgan fingerprint density at radius 2 is 1.78 bits per heavy atom. The van der Waals surface area contributed by atoms with Crippen molar-refractivity contribution in [3.05, 3.63) is 89.1 Å². The lowest BCUT2D eigenvalue weighted by atomic mass is 9.78. The van der Waals surface area contributed by atoms with Crippen LogP contribution in [0.1, 0.15) is 60.2 Å². The number of carbonyl (C=O) groups excluding carboxylic acids is 1. The number of imidazole rings is 1. The van der Waals surface area contributed by atoms with Crippen molar-refractivity contribution in [3.63, 3.8) is 0 Å². The number of aromatic nitrogens is 3. The van der Waals surface area contributed by atoms with E-state index in [2.05, 4.69) is 72.0 Å². The molecule has 1 saturated carbocycles. The van der Waals surface area contributed by atoms with Gasteiger partial charge >= 0.3 is 0 Å². The average molecular weight is 499 g/mol. The normalized spacial score (nSPS) is 19.9. The molecule has 1 aliphatic rings. The predicted octanol–water partition coefficient (Wildman–Crippen LogP) is 6.63. The van der Waals surface area contributed by atoms with Crippen molar-refractivity contribution < 1.29 is 4.79 Å². The molecule has 2 aromatic carbocycles. The Morgan fingerprint density at radius 3 is 2.56 bits per heavy atom. The van der Waals surface area contributed by atoms with Crippen molar-refractivity contribution >= 4 is 28.8 Å². The summed E-state index contributed by atoms with van der Waals surface area (Å²) in [5.41, 5.74) is 6.18. The van der Waals surface area contributed by atoms with E-state index in [4.69, 9.17) is 4.98 Å². The van der Waals surface area contributed by atoms with Gasteiger partial charge in [-0.25, -0.2) is 9.97 Å². The van der Waals surface area contributed by atoms with Crippen molar-refractivity contribution in [2.45, 2.75) is 63.5 Å². The fourth-order valence-electron chi connectivity index (χ4n) is 5.00. The molecular weight excluding hydrogens is 464 g/mol. The number of amides is 1. The monoisotopic (exact) mass is 498 g/mol. The van der Waals surface area contributed by atoms with Crippen molar-refractivity contribution in [3.8, 4) is 0 Å². The Morgan fingerprint density at radius 1 is 1.03 bits per heavy atom. The summed E-state index contributed by atoms with van der Waals surface area (Å²) >= 11 is 1.70. The molecule has 186 valence electrons. The number of fused-ring (bicyclic) bond motifs is 1. The molecule has 0 aliphatic heterocycles. The third-order valence-corrected chi connectivity index (χ3v) is 8.58. The van der Waals surface area contributed by atoms with Gasteiger partial charge in [0.2, 0.25) is 0 Å². The molecule has 2 heterocycles. The highest BCUT2D eigenvalue weighted by Crippen LogP contribution is 2.30. The second kappa shape index (κ2) is 10.9. The summed E-state index contributed by atoms with van der Waals surface area (Å²) in [5.74, 6) is 1.99. The van der Waals surface area contributed by atoms with Crippen LogP contribution in [0.4, 0.5) is 0 Å². The first-order valence-corrected chi connectivity index (χ1v) is 13.9. The largest absolute Gasteiger partial charge is 0.349 e. The number of hydrogen-bond acceptors (Lipinski definition) is 4. The smallest absolute Gasteiger partial charge is 0.251 e. The van der Waals surface area contributed by atoms with Crippen LogP contribution in [0, 0.1) is 18.8 Å². The second-order valence-electron chi connectivity index (χ2n) is 10.1. The van der Waals surface area contributed by atoms with E-state index in [0.717, 1.165) is 46.2 Å². The van der Waals surface area contributed by atoms with E-state index in [-0.39, 0.29) is 11.9 Å². The molecule has 1 N–H and O–H groups in total. The number of aryl methyl sites for hydroxylation is 1. The first-order chi connectivity index (χ1) is 17.5. The summed E-state index contributed by atoms with van der Waals surface area (Å²) in [6.07, 6.45) is 5.35. The van der Waals surface area contributed by atoms with E-state index >= 15 is 0 Å². The van der Waals surface area contributed by atoms with Gasteiger partial charge < -0.3 is 5.32 Å². The summed E-state index contributed by atoms with van der Waals surface area (Å²) in [4.78, 5) is 22.3. The Balaban J connectivity index is 1.27. The number of pyridine rings is 1. The van der Waals surface area contributed by atoms with E-state index in [1.165, 1.54) is 24.0 Å². The molecule has 3 atom stereocenters. The van der Waals surface area contributed by atoms with Gasteiger partial charge in [-0.05, 0) is 60.6 Å². The molecule has 1 amide bonds. The lowest BCUT2D eigenvalue weighted by Crippen LogP contribution is -2.43. The number of carbonyl (C=O) groups is 1. The van der Waals surface area contributed by atoms with Crippen LogP contribution in [0.2, 0.25) is 0 Å². The van der Waals surface area contributed by atoms with Crippen LogP contribution >= 0.6 is 11.8 Å². The van der Waals surface area contributed by atoms with Crippen molar-refractivity contribution in [2.75, 3.05) is 0 Å². The minimum atomic E-state index is 0.0334. The number of thioether (sulfide) groups is 1. The molecule has 0 saturated heterocycles. The van der Waals surface area contributed by atoms with Gasteiger partial charge in [0.1, 0.15) is 5.52 Å². The third-order valence-electron chi connectivity index (χ3n) is 7.54. The lowest BCUT2D eigenvalue weighted by molar-refractivity contribution is 0.0891. The van der Waals surface area contributed by atoms with Crippen molar-refractivity contribution in [1.82, 2.24) is 19.9 Å². The number of rotatable bonds is 7. The molecule has 0 unspecified atom stereocenters. The molecule has 5 rings (SSSR count). The first-order valence-electron chi connectivity index (χ1n) is 12.9. The van der Waals surface area contributed by atoms with Gasteiger partial charge in [-0.1, -0.05) is 80.4 Å². The molecule has 5 nitrogen and oxygen atoms in total. The zero-order chi connectivity index (χ0) is 25.1. The molecule has 0 radical (unpaired) electrons. The molecule has 0 spiro atoms. The molecular formula is C30H34N4OS. The second-order valence-corrected chi connectivity index (χ2v) is 11.1. The maximum absolute atomic E-state index is 12.9. The highest BCUT2D eigenvalue weighted by atomic mass is 32.2. The average Bonchev–Trinajstić information content (AvgIpc) is 3.24. The van der Waals surface area contributed by atoms with E-state index in [1.807, 2.05) is 30.5 Å². The summed E-state index contributed by atoms with van der Waals surface area (Å²) in [6.45, 7) is 7.38. The molecule has 4 aromatic rings. The number of nitrogens with one attached hydrogen (secondary N) is 1. The molecule has 2 aromatic heterocycles. The van der Waals surface area contributed by atoms with Gasteiger partial charge in [-0.2, -0.15) is 0 Å². The summed E-state index contributed by atoms with van der Waals surface area (Å²) in [7, 11) is 0. The predicted molar refractivity (Wildman–Crippen MR) is 147 cm³/mol. The molecule has 6 heteroatoms. The minimum absolute atomic E-state index is 0.0334. The van der Waals surface area contributed by atoms with Gasteiger partial charge in [0.15, 0.2) is 10.8 Å². The Hall–Kier alpha value is -3.12. The van der Waals surface area contributed by atoms with Gasteiger partial charge in [-0.15, -0.1) is 0 Å². The highest BCUT2D eigenvalue weighted by Gasteiger charge is 2.28. The lowest BCUT2D eigenvalue weighted by Gasteiger charge is -2.34. The van der Waals surface area contributed by atoms with Crippen LogP contribution < -0.4 is 5.32 Å².